The number of anilines is 1. The van der Waals surface area contributed by atoms with E-state index in [1.165, 1.54) is 30.7 Å². The van der Waals surface area contributed by atoms with Crippen molar-refractivity contribution in [2.24, 2.45) is 0 Å². The Labute approximate surface area is 208 Å². The lowest BCUT2D eigenvalue weighted by molar-refractivity contribution is -0.115. The molecule has 0 atom stereocenters. The van der Waals surface area contributed by atoms with Crippen molar-refractivity contribution in [1.82, 2.24) is 35.1 Å². The summed E-state index contributed by atoms with van der Waals surface area (Å²) in [6.07, 6.45) is 6.30. The number of amides is 1. The van der Waals surface area contributed by atoms with Gasteiger partial charge in [-0.25, -0.2) is 18.7 Å². The predicted octanol–water partition coefficient (Wildman–Crippen LogP) is 5.25. The van der Waals surface area contributed by atoms with E-state index in [1.54, 1.807) is 37.4 Å². The molecule has 0 spiro atoms. The molecule has 37 heavy (non-hydrogen) atoms. The van der Waals surface area contributed by atoms with Crippen LogP contribution < -0.4 is 5.32 Å². The summed E-state index contributed by atoms with van der Waals surface area (Å²) in [5, 5.41) is 9.97. The summed E-state index contributed by atoms with van der Waals surface area (Å²) in [6, 6.07) is 9.55. The van der Waals surface area contributed by atoms with Gasteiger partial charge in [-0.1, -0.05) is 19.1 Å². The van der Waals surface area contributed by atoms with E-state index in [4.69, 9.17) is 0 Å². The second-order valence-corrected chi connectivity index (χ2v) is 8.30. The van der Waals surface area contributed by atoms with Gasteiger partial charge < -0.3 is 10.3 Å². The highest BCUT2D eigenvalue weighted by molar-refractivity contribution is 5.97. The van der Waals surface area contributed by atoms with Crippen LogP contribution in [0, 0.1) is 11.6 Å². The largest absolute Gasteiger partial charge is 0.335 e. The van der Waals surface area contributed by atoms with Crippen LogP contribution in [0.1, 0.15) is 13.3 Å². The van der Waals surface area contributed by atoms with Gasteiger partial charge in [0, 0.05) is 29.9 Å². The van der Waals surface area contributed by atoms with Crippen LogP contribution in [0.3, 0.4) is 0 Å². The second-order valence-electron chi connectivity index (χ2n) is 8.30. The summed E-state index contributed by atoms with van der Waals surface area (Å²) in [5.74, 6) is -0.886. The lowest BCUT2D eigenvalue weighted by Crippen LogP contribution is -2.09. The number of nitrogens with one attached hydrogen (secondary N) is 3. The monoisotopic (exact) mass is 496 g/mol. The molecule has 6 rings (SSSR count). The Balaban J connectivity index is 1.47. The number of H-pyrrole nitrogens is 2. The molecule has 0 aliphatic carbocycles. The number of rotatable bonds is 5. The molecule has 11 heteroatoms. The number of aromatic nitrogens is 7. The minimum absolute atomic E-state index is 0.0462. The first-order chi connectivity index (χ1) is 18.0. The topological polar surface area (TPSA) is 125 Å². The molecule has 5 heterocycles. The Bertz CT molecular complexity index is 1810. The molecule has 0 saturated carbocycles. The quantitative estimate of drug-likeness (QED) is 0.299. The van der Waals surface area contributed by atoms with Crippen molar-refractivity contribution in [3.05, 3.63) is 72.8 Å². The van der Waals surface area contributed by atoms with Gasteiger partial charge in [0.2, 0.25) is 5.91 Å². The molecule has 0 fully saturated rings. The van der Waals surface area contributed by atoms with Crippen LogP contribution in [0.25, 0.3) is 56.0 Å². The van der Waals surface area contributed by atoms with Gasteiger partial charge in [-0.2, -0.15) is 5.10 Å². The van der Waals surface area contributed by atoms with Crippen molar-refractivity contribution < 1.29 is 13.6 Å². The van der Waals surface area contributed by atoms with E-state index in [0.717, 1.165) is 0 Å². The molecule has 6 aromatic rings. The molecule has 5 aromatic heterocycles. The number of nitrogens with zero attached hydrogens (tertiary/aromatic N) is 5. The van der Waals surface area contributed by atoms with E-state index in [-0.39, 0.29) is 34.3 Å². The zero-order valence-electron chi connectivity index (χ0n) is 19.4. The molecule has 0 aliphatic heterocycles. The second kappa shape index (κ2) is 8.86. The Morgan fingerprint density at radius 3 is 2.76 bits per heavy atom. The van der Waals surface area contributed by atoms with Crippen LogP contribution >= 0.6 is 0 Å². The zero-order chi connectivity index (χ0) is 25.5. The fourth-order valence-electron chi connectivity index (χ4n) is 4.15. The Morgan fingerprint density at radius 2 is 1.92 bits per heavy atom. The highest BCUT2D eigenvalue weighted by Gasteiger charge is 2.21. The molecule has 9 nitrogen and oxygen atoms in total. The van der Waals surface area contributed by atoms with E-state index >= 15 is 4.39 Å². The predicted molar refractivity (Wildman–Crippen MR) is 134 cm³/mol. The molecule has 0 radical (unpaired) electrons. The van der Waals surface area contributed by atoms with Crippen LogP contribution in [0.5, 0.6) is 0 Å². The number of hydrogen-bond donors (Lipinski definition) is 3. The first-order valence-corrected chi connectivity index (χ1v) is 11.4. The highest BCUT2D eigenvalue weighted by Crippen LogP contribution is 2.34. The smallest absolute Gasteiger partial charge is 0.224 e. The number of aromatic amines is 2. The average Bonchev–Trinajstić information content (AvgIpc) is 3.53. The minimum Gasteiger partial charge on any atom is -0.335 e. The zero-order valence-corrected chi connectivity index (χ0v) is 19.4. The van der Waals surface area contributed by atoms with Gasteiger partial charge in [0.15, 0.2) is 17.3 Å². The number of carbonyl (C=O) groups excluding carboxylic acids is 1. The van der Waals surface area contributed by atoms with E-state index in [2.05, 4.69) is 40.4 Å². The molecular weight excluding hydrogens is 478 g/mol. The SMILES string of the molecule is CCC(=O)Nc1cncc(-c2ncc3[nH]nc(-c4nc5nccc(-c6cccc(F)c6)c5[nH]4)c3c2F)c1. The number of benzene rings is 1. The van der Waals surface area contributed by atoms with Crippen molar-refractivity contribution in [2.45, 2.75) is 13.3 Å². The highest BCUT2D eigenvalue weighted by atomic mass is 19.1. The molecule has 182 valence electrons. The number of halogens is 2. The molecule has 1 amide bonds. The van der Waals surface area contributed by atoms with E-state index in [1.807, 2.05) is 0 Å². The third-order valence-electron chi connectivity index (χ3n) is 5.91. The summed E-state index contributed by atoms with van der Waals surface area (Å²) in [7, 11) is 0. The summed E-state index contributed by atoms with van der Waals surface area (Å²) in [5.41, 5.74) is 3.78. The van der Waals surface area contributed by atoms with E-state index in [9.17, 15) is 9.18 Å². The Morgan fingerprint density at radius 1 is 1.03 bits per heavy atom. The van der Waals surface area contributed by atoms with E-state index < -0.39 is 5.82 Å². The van der Waals surface area contributed by atoms with Gasteiger partial charge in [0.1, 0.15) is 17.2 Å². The van der Waals surface area contributed by atoms with Crippen molar-refractivity contribution >= 4 is 33.7 Å². The average molecular weight is 496 g/mol. The summed E-state index contributed by atoms with van der Waals surface area (Å²) in [4.78, 5) is 32.1. The summed E-state index contributed by atoms with van der Waals surface area (Å²) >= 11 is 0. The maximum Gasteiger partial charge on any atom is 0.224 e. The third kappa shape index (κ3) is 3.96. The van der Waals surface area contributed by atoms with Gasteiger partial charge in [-0.15, -0.1) is 0 Å². The molecular formula is C26H18F2N8O. The Kier molecular flexibility index (Phi) is 5.37. The standard InChI is InChI=1S/C26H18F2N8O/c1-2-19(37)32-16-9-14(10-29-11-16)22-21(28)20-18(12-31-22)35-36-24(20)26-33-23-17(6-7-30-25(23)34-26)13-4-3-5-15(27)8-13/h3-12H,2H2,1H3,(H,32,37)(H,35,36)(H,30,33,34). The van der Waals surface area contributed by atoms with Crippen molar-refractivity contribution in [3.63, 3.8) is 0 Å². The van der Waals surface area contributed by atoms with E-state index in [0.29, 0.717) is 45.5 Å². The fraction of sp³-hybridized carbons (Fsp3) is 0.0769. The molecule has 0 unspecified atom stereocenters. The first kappa shape index (κ1) is 22.4. The number of imidazole rings is 1. The Hall–Kier alpha value is -5.06. The van der Waals surface area contributed by atoms with Crippen molar-refractivity contribution in [1.29, 1.82) is 0 Å². The number of carbonyl (C=O) groups is 1. The fourth-order valence-corrected chi connectivity index (χ4v) is 4.15. The van der Waals surface area contributed by atoms with Crippen LogP contribution in [-0.2, 0) is 4.79 Å². The number of pyridine rings is 3. The van der Waals surface area contributed by atoms with Crippen LogP contribution in [0.15, 0.2) is 61.2 Å². The van der Waals surface area contributed by atoms with Gasteiger partial charge in [0.25, 0.3) is 0 Å². The molecule has 0 saturated heterocycles. The van der Waals surface area contributed by atoms with Gasteiger partial charge in [-0.3, -0.25) is 19.9 Å². The minimum atomic E-state index is -0.624. The van der Waals surface area contributed by atoms with Crippen molar-refractivity contribution in [3.8, 4) is 33.9 Å². The van der Waals surface area contributed by atoms with Crippen molar-refractivity contribution in [2.75, 3.05) is 5.32 Å². The third-order valence-corrected chi connectivity index (χ3v) is 5.91. The van der Waals surface area contributed by atoms with Gasteiger partial charge in [0.05, 0.1) is 34.5 Å². The molecule has 0 bridgehead atoms. The number of hydrogen-bond acceptors (Lipinski definition) is 6. The molecule has 0 aliphatic rings. The maximum atomic E-state index is 15.9. The van der Waals surface area contributed by atoms with Gasteiger partial charge >= 0.3 is 0 Å². The first-order valence-electron chi connectivity index (χ1n) is 11.4. The van der Waals surface area contributed by atoms with Gasteiger partial charge in [-0.05, 0) is 29.8 Å². The van der Waals surface area contributed by atoms with Crippen LogP contribution in [0.2, 0.25) is 0 Å². The lowest BCUT2D eigenvalue weighted by Gasteiger charge is -2.07. The maximum absolute atomic E-state index is 15.9. The summed E-state index contributed by atoms with van der Waals surface area (Å²) < 4.78 is 29.8. The lowest BCUT2D eigenvalue weighted by atomic mass is 10.1. The number of fused-ring (bicyclic) bond motifs is 2. The normalized spacial score (nSPS) is 11.3. The van der Waals surface area contributed by atoms with Crippen LogP contribution in [-0.4, -0.2) is 41.0 Å². The summed E-state index contributed by atoms with van der Waals surface area (Å²) in [6.45, 7) is 1.73. The van der Waals surface area contributed by atoms with Crippen LogP contribution in [0.4, 0.5) is 14.5 Å². The molecule has 3 N–H and O–H groups in total. The molecule has 1 aromatic carbocycles.